The van der Waals surface area contributed by atoms with Gasteiger partial charge >= 0.3 is 114 Å². The molecular formula is C15H32Cl2NSiTi. The zero-order chi connectivity index (χ0) is 13.6. The van der Waals surface area contributed by atoms with Crippen molar-refractivity contribution in [1.29, 1.82) is 0 Å². The third kappa shape index (κ3) is 5.00. The monoisotopic (exact) mass is 372 g/mol. The molecule has 0 fully saturated rings. The van der Waals surface area contributed by atoms with Crippen LogP contribution in [0.25, 0.3) is 0 Å². The number of allylic oxidation sites excluding steroid dienone is 2. The fourth-order valence-electron chi connectivity index (χ4n) is 3.19. The van der Waals surface area contributed by atoms with E-state index < -0.39 is 17.9 Å². The summed E-state index contributed by atoms with van der Waals surface area (Å²) in [5.74, 6) is 0. The maximum absolute atomic E-state index is 3.86. The molecule has 1 nitrogen and oxygen atoms in total. The zero-order valence-electron chi connectivity index (χ0n) is 13.8. The van der Waals surface area contributed by atoms with Crippen LogP contribution in [0.1, 0.15) is 48.5 Å². The Balaban J connectivity index is -0.000000963. The predicted molar refractivity (Wildman–Crippen MR) is 85.4 cm³/mol. The van der Waals surface area contributed by atoms with E-state index in [2.05, 4.69) is 64.2 Å². The number of hydrogen-bond acceptors (Lipinski definition) is 1. The minimum absolute atomic E-state index is 0. The molecule has 0 aromatic carbocycles. The van der Waals surface area contributed by atoms with E-state index in [-0.39, 0.29) is 46.9 Å². The van der Waals surface area contributed by atoms with Gasteiger partial charge in [0.25, 0.3) is 0 Å². The van der Waals surface area contributed by atoms with Crippen LogP contribution in [0.3, 0.4) is 0 Å². The summed E-state index contributed by atoms with van der Waals surface area (Å²) in [7, 11) is 0. The molecule has 0 heterocycles. The predicted octanol–water partition coefficient (Wildman–Crippen LogP) is -2.97. The van der Waals surface area contributed by atoms with Crippen LogP contribution in [0.15, 0.2) is 20.6 Å². The summed E-state index contributed by atoms with van der Waals surface area (Å²) in [6, 6.07) is 0. The Hall–Kier alpha value is 0.951. The molecule has 0 saturated heterocycles. The Morgan fingerprint density at radius 2 is 1.35 bits per heavy atom. The smallest absolute Gasteiger partial charge is 0.0149 e. The molecule has 1 N–H and O–H groups in total. The standard InChI is InChI=1S/C13H22N.2CH3.2ClH.H4Si.Ti/c1-9-8-13(7,11(3)10(9)2)14-12(4,5)6;;;;;;/h14H,1-7H3;2*1H3;2*1H;1H4;/q;;;;;;+2/p-2. The van der Waals surface area contributed by atoms with Crippen LogP contribution >= 0.6 is 0 Å². The van der Waals surface area contributed by atoms with Crippen molar-refractivity contribution in [3.63, 3.8) is 0 Å². The number of nitrogens with one attached hydrogen (secondary N) is 1. The van der Waals surface area contributed by atoms with Crippen molar-refractivity contribution < 1.29 is 42.7 Å². The summed E-state index contributed by atoms with van der Waals surface area (Å²) in [5, 5.41) is 8.79. The molecule has 1 atom stereocenters. The summed E-state index contributed by atoms with van der Waals surface area (Å²) in [5.41, 5.74) is 4.84. The van der Waals surface area contributed by atoms with Crippen molar-refractivity contribution in [2.75, 3.05) is 0 Å². The van der Waals surface area contributed by atoms with Crippen molar-refractivity contribution in [3.05, 3.63) is 20.6 Å². The van der Waals surface area contributed by atoms with E-state index in [9.17, 15) is 0 Å². The first-order valence-electron chi connectivity index (χ1n) is 6.50. The van der Waals surface area contributed by atoms with Crippen molar-refractivity contribution >= 4 is 11.0 Å². The van der Waals surface area contributed by atoms with Crippen LogP contribution < -0.4 is 30.1 Å². The topological polar surface area (TPSA) is 12.0 Å². The van der Waals surface area contributed by atoms with Gasteiger partial charge in [-0.15, -0.1) is 0 Å². The van der Waals surface area contributed by atoms with Crippen LogP contribution in [0.5, 0.6) is 0 Å². The van der Waals surface area contributed by atoms with Gasteiger partial charge in [-0.05, 0) is 11.0 Å². The quantitative estimate of drug-likeness (QED) is 0.510. The first kappa shape index (κ1) is 25.9. The van der Waals surface area contributed by atoms with Gasteiger partial charge in [0.05, 0.1) is 0 Å². The third-order valence-corrected chi connectivity index (χ3v) is 6.80. The molecule has 20 heavy (non-hydrogen) atoms. The maximum Gasteiger partial charge on any atom is -0.0149 e. The van der Waals surface area contributed by atoms with E-state index >= 15 is 0 Å². The molecule has 0 amide bonds. The molecule has 119 valence electrons. The number of halogens is 2. The van der Waals surface area contributed by atoms with Crippen molar-refractivity contribution in [1.82, 2.24) is 5.32 Å². The molecule has 0 saturated carbocycles. The largest absolute Gasteiger partial charge is 1.00 e. The van der Waals surface area contributed by atoms with Crippen molar-refractivity contribution in [2.24, 2.45) is 0 Å². The minimum atomic E-state index is -1.07. The average molecular weight is 373 g/mol. The molecule has 0 aliphatic heterocycles. The Kier molecular flexibility index (Phi) is 11.1. The van der Waals surface area contributed by atoms with E-state index in [1.807, 2.05) is 0 Å². The number of rotatable bonds is 2. The van der Waals surface area contributed by atoms with Crippen LogP contribution in [-0.2, 0) is 17.9 Å². The Bertz CT molecular complexity index is 397. The molecule has 0 radical (unpaired) electrons. The fraction of sp³-hybridized carbons (Fsp3) is 0.733. The zero-order valence-corrected chi connectivity index (χ0v) is 16.8. The summed E-state index contributed by atoms with van der Waals surface area (Å²) >= 11 is -1.07. The van der Waals surface area contributed by atoms with E-state index in [1.54, 1.807) is 9.45 Å². The minimum Gasteiger partial charge on any atom is -1.00 e. The van der Waals surface area contributed by atoms with E-state index in [1.165, 1.54) is 11.1 Å². The molecule has 5 heteroatoms. The molecule has 0 aromatic rings. The Morgan fingerprint density at radius 3 is 1.65 bits per heavy atom. The van der Waals surface area contributed by atoms with Gasteiger partial charge in [0.2, 0.25) is 0 Å². The van der Waals surface area contributed by atoms with Crippen LogP contribution in [0.2, 0.25) is 10.5 Å². The molecule has 1 aliphatic carbocycles. The summed E-state index contributed by atoms with van der Waals surface area (Å²) in [6.45, 7) is 16.0. The van der Waals surface area contributed by atoms with Gasteiger partial charge in [-0.3, -0.25) is 0 Å². The molecule has 1 aliphatic rings. The second kappa shape index (κ2) is 8.55. The molecule has 1 unspecified atom stereocenters. The van der Waals surface area contributed by atoms with Gasteiger partial charge in [-0.1, -0.05) is 0 Å². The van der Waals surface area contributed by atoms with Crippen molar-refractivity contribution in [3.8, 4) is 0 Å². The molecule has 0 spiro atoms. The maximum atomic E-state index is 3.86. The summed E-state index contributed by atoms with van der Waals surface area (Å²) < 4.78 is 1.72. The van der Waals surface area contributed by atoms with Crippen LogP contribution in [0.4, 0.5) is 0 Å². The first-order chi connectivity index (χ1) is 7.50. The average Bonchev–Trinajstić information content (AvgIpc) is 2.25. The van der Waals surface area contributed by atoms with E-state index in [4.69, 9.17) is 0 Å². The first-order valence-corrected chi connectivity index (χ1v) is 10.4. The third-order valence-electron chi connectivity index (χ3n) is 3.88. The van der Waals surface area contributed by atoms with Gasteiger partial charge in [-0.2, -0.15) is 0 Å². The molecule has 0 aromatic heterocycles. The molecular weight excluding hydrogens is 341 g/mol. The Morgan fingerprint density at radius 1 is 0.950 bits per heavy atom. The second-order valence-electron chi connectivity index (χ2n) is 6.75. The summed E-state index contributed by atoms with van der Waals surface area (Å²) in [4.78, 5) is 0. The molecule has 1 rings (SSSR count). The van der Waals surface area contributed by atoms with E-state index in [0.717, 1.165) is 0 Å². The van der Waals surface area contributed by atoms with Crippen molar-refractivity contribution in [2.45, 2.75) is 70.0 Å². The van der Waals surface area contributed by atoms with Gasteiger partial charge in [0.15, 0.2) is 0 Å². The van der Waals surface area contributed by atoms with Crippen LogP contribution in [-0.4, -0.2) is 22.0 Å². The van der Waals surface area contributed by atoms with Gasteiger partial charge < -0.3 is 24.8 Å². The SMILES string of the molecule is CC1=C(C)C(C)(NC(C)(C)C)[C]([Ti+2]([CH3])[CH3])=C1C.[Cl-].[Cl-].[SiH4]. The van der Waals surface area contributed by atoms with Gasteiger partial charge in [-0.25, -0.2) is 0 Å². The Labute approximate surface area is 149 Å². The van der Waals surface area contributed by atoms with Crippen LogP contribution in [0, 0.1) is 0 Å². The normalized spacial score (nSPS) is 22.1. The van der Waals surface area contributed by atoms with E-state index in [0.29, 0.717) is 0 Å². The summed E-state index contributed by atoms with van der Waals surface area (Å²) in [6.07, 6.45) is 0. The van der Waals surface area contributed by atoms with Gasteiger partial charge in [0.1, 0.15) is 0 Å². The number of hydrogen-bond donors (Lipinski definition) is 1. The fourth-order valence-corrected chi connectivity index (χ4v) is 6.60. The second-order valence-corrected chi connectivity index (χ2v) is 10.7. The van der Waals surface area contributed by atoms with Gasteiger partial charge in [0, 0.05) is 0 Å². The molecule has 0 bridgehead atoms.